The zero-order chi connectivity index (χ0) is 15.1. The van der Waals surface area contributed by atoms with Gasteiger partial charge in [-0.05, 0) is 30.0 Å². The fraction of sp³-hybridized carbons (Fsp3) is 0.526. The minimum Gasteiger partial charge on any atom is -0.382 e. The van der Waals surface area contributed by atoms with Gasteiger partial charge in [0.15, 0.2) is 0 Å². The van der Waals surface area contributed by atoms with Crippen LogP contribution in [-0.2, 0) is 0 Å². The smallest absolute Gasteiger partial charge is 0.131 e. The van der Waals surface area contributed by atoms with Crippen LogP contribution in [0.3, 0.4) is 0 Å². The van der Waals surface area contributed by atoms with E-state index >= 15 is 0 Å². The number of pyridine rings is 1. The molecule has 0 radical (unpaired) electrons. The fourth-order valence-corrected chi connectivity index (χ4v) is 4.77. The highest BCUT2D eigenvalue weighted by Crippen LogP contribution is 2.34. The van der Waals surface area contributed by atoms with E-state index in [0.29, 0.717) is 6.04 Å². The number of fused-ring (bicyclic) bond motifs is 4. The Hall–Kier alpha value is -1.45. The SMILES string of the molecule is CC[C@@H]1C[NH+]2CC[C@H]1C[C@@H]2[C@H](O)c1ccnc2ccccc12. The van der Waals surface area contributed by atoms with Crippen LogP contribution >= 0.6 is 0 Å². The van der Waals surface area contributed by atoms with Gasteiger partial charge in [0.2, 0.25) is 0 Å². The predicted molar refractivity (Wildman–Crippen MR) is 87.7 cm³/mol. The Morgan fingerprint density at radius 1 is 1.32 bits per heavy atom. The van der Waals surface area contributed by atoms with Crippen molar-refractivity contribution in [3.8, 4) is 0 Å². The van der Waals surface area contributed by atoms with Crippen LogP contribution in [0.5, 0.6) is 0 Å². The van der Waals surface area contributed by atoms with Crippen LogP contribution in [0.2, 0.25) is 0 Å². The van der Waals surface area contributed by atoms with E-state index < -0.39 is 0 Å². The first-order chi connectivity index (χ1) is 10.8. The molecule has 2 bridgehead atoms. The highest BCUT2D eigenvalue weighted by atomic mass is 16.3. The van der Waals surface area contributed by atoms with E-state index in [-0.39, 0.29) is 6.10 Å². The number of hydrogen-bond acceptors (Lipinski definition) is 2. The molecule has 5 atom stereocenters. The Labute approximate surface area is 132 Å². The van der Waals surface area contributed by atoms with Crippen LogP contribution < -0.4 is 4.90 Å². The largest absolute Gasteiger partial charge is 0.382 e. The maximum Gasteiger partial charge on any atom is 0.131 e. The Bertz CT molecular complexity index is 666. The Morgan fingerprint density at radius 3 is 2.95 bits per heavy atom. The van der Waals surface area contributed by atoms with Crippen LogP contribution in [-0.4, -0.2) is 29.2 Å². The summed E-state index contributed by atoms with van der Waals surface area (Å²) in [7, 11) is 0. The van der Waals surface area contributed by atoms with E-state index in [1.165, 1.54) is 32.4 Å². The first-order valence-electron chi connectivity index (χ1n) is 8.64. The summed E-state index contributed by atoms with van der Waals surface area (Å²) in [5, 5.41) is 12.2. The second-order valence-corrected chi connectivity index (χ2v) is 7.03. The standard InChI is InChI=1S/C19H24N2O/c1-2-13-12-21-10-8-14(13)11-18(21)19(22)16-7-9-20-17-6-4-3-5-15(16)17/h3-7,9,13-14,18-19,22H,2,8,10-12H2,1H3/p+1/t13-,14+,18-,19-/m1/s1. The molecule has 3 nitrogen and oxygen atoms in total. The molecule has 2 aromatic rings. The van der Waals surface area contributed by atoms with Crippen LogP contribution in [0.15, 0.2) is 36.5 Å². The molecular weight excluding hydrogens is 272 g/mol. The summed E-state index contributed by atoms with van der Waals surface area (Å²) in [6, 6.07) is 10.5. The van der Waals surface area contributed by atoms with Gasteiger partial charge >= 0.3 is 0 Å². The summed E-state index contributed by atoms with van der Waals surface area (Å²) >= 11 is 0. The van der Waals surface area contributed by atoms with Gasteiger partial charge in [0.1, 0.15) is 12.1 Å². The number of aromatic nitrogens is 1. The molecule has 3 aliphatic heterocycles. The summed E-state index contributed by atoms with van der Waals surface area (Å²) in [5.74, 6) is 1.68. The Kier molecular flexibility index (Phi) is 3.63. The summed E-state index contributed by atoms with van der Waals surface area (Å²) in [4.78, 5) is 6.04. The predicted octanol–water partition coefficient (Wildman–Crippen LogP) is 1.97. The molecule has 116 valence electrons. The van der Waals surface area contributed by atoms with Crippen molar-refractivity contribution in [2.45, 2.75) is 38.3 Å². The second-order valence-electron chi connectivity index (χ2n) is 7.03. The molecule has 2 N–H and O–H groups in total. The average molecular weight is 297 g/mol. The maximum absolute atomic E-state index is 11.1. The first kappa shape index (κ1) is 14.2. The highest BCUT2D eigenvalue weighted by Gasteiger charge is 2.46. The molecule has 1 unspecified atom stereocenters. The Morgan fingerprint density at radius 2 is 2.18 bits per heavy atom. The summed E-state index contributed by atoms with van der Waals surface area (Å²) in [6.45, 7) is 4.78. The average Bonchev–Trinajstić information content (AvgIpc) is 2.60. The molecule has 0 aliphatic carbocycles. The van der Waals surface area contributed by atoms with Crippen molar-refractivity contribution in [1.29, 1.82) is 0 Å². The quantitative estimate of drug-likeness (QED) is 0.909. The molecule has 3 heteroatoms. The number of para-hydroxylation sites is 1. The maximum atomic E-state index is 11.1. The summed E-state index contributed by atoms with van der Waals surface area (Å²) < 4.78 is 0. The number of piperidine rings is 3. The number of benzene rings is 1. The van der Waals surface area contributed by atoms with E-state index in [9.17, 15) is 5.11 Å². The molecule has 22 heavy (non-hydrogen) atoms. The van der Waals surface area contributed by atoms with Crippen molar-refractivity contribution < 1.29 is 10.0 Å². The van der Waals surface area contributed by atoms with E-state index in [1.54, 1.807) is 4.90 Å². The number of hydrogen-bond donors (Lipinski definition) is 2. The number of aliphatic hydroxyl groups excluding tert-OH is 1. The molecule has 0 amide bonds. The molecule has 4 heterocycles. The van der Waals surface area contributed by atoms with Gasteiger partial charge in [-0.25, -0.2) is 0 Å². The van der Waals surface area contributed by atoms with E-state index in [4.69, 9.17) is 0 Å². The molecule has 3 aliphatic rings. The second kappa shape index (κ2) is 5.64. The molecule has 0 saturated carbocycles. The number of quaternary nitrogens is 1. The van der Waals surface area contributed by atoms with Crippen molar-refractivity contribution in [2.75, 3.05) is 13.1 Å². The van der Waals surface area contributed by atoms with Gasteiger partial charge in [-0.15, -0.1) is 0 Å². The normalized spacial score (nSPS) is 32.3. The van der Waals surface area contributed by atoms with Gasteiger partial charge in [0.25, 0.3) is 0 Å². The van der Waals surface area contributed by atoms with E-state index in [0.717, 1.165) is 28.3 Å². The number of rotatable bonds is 3. The molecule has 1 aromatic carbocycles. The zero-order valence-corrected chi connectivity index (χ0v) is 13.2. The van der Waals surface area contributed by atoms with Gasteiger partial charge < -0.3 is 10.0 Å². The lowest BCUT2D eigenvalue weighted by molar-refractivity contribution is -0.950. The molecular formula is C19H25N2O+. The van der Waals surface area contributed by atoms with Gasteiger partial charge in [0, 0.05) is 30.3 Å². The zero-order valence-electron chi connectivity index (χ0n) is 13.2. The molecule has 3 saturated heterocycles. The molecule has 3 fully saturated rings. The minimum atomic E-state index is -0.372. The van der Waals surface area contributed by atoms with Crippen LogP contribution in [0.1, 0.15) is 37.9 Å². The van der Waals surface area contributed by atoms with E-state index in [2.05, 4.69) is 18.0 Å². The highest BCUT2D eigenvalue weighted by molar-refractivity contribution is 5.82. The van der Waals surface area contributed by atoms with Gasteiger partial charge in [0.05, 0.1) is 18.6 Å². The van der Waals surface area contributed by atoms with Crippen molar-refractivity contribution in [2.24, 2.45) is 11.8 Å². The minimum absolute atomic E-state index is 0.354. The van der Waals surface area contributed by atoms with Gasteiger partial charge in [-0.1, -0.05) is 25.1 Å². The van der Waals surface area contributed by atoms with Crippen LogP contribution in [0.25, 0.3) is 10.9 Å². The van der Waals surface area contributed by atoms with Crippen molar-refractivity contribution in [3.63, 3.8) is 0 Å². The van der Waals surface area contributed by atoms with E-state index in [1.807, 2.05) is 30.5 Å². The third kappa shape index (κ3) is 2.24. The van der Waals surface area contributed by atoms with Crippen molar-refractivity contribution in [1.82, 2.24) is 4.98 Å². The topological polar surface area (TPSA) is 37.6 Å². The molecule has 1 aromatic heterocycles. The monoisotopic (exact) mass is 297 g/mol. The molecule has 0 spiro atoms. The molecule has 5 rings (SSSR count). The Balaban J connectivity index is 1.66. The van der Waals surface area contributed by atoms with Crippen molar-refractivity contribution in [3.05, 3.63) is 42.1 Å². The van der Waals surface area contributed by atoms with Gasteiger partial charge in [-0.3, -0.25) is 4.98 Å². The lowest BCUT2D eigenvalue weighted by Gasteiger charge is -2.48. The summed E-state index contributed by atoms with van der Waals surface area (Å²) in [5.41, 5.74) is 2.04. The lowest BCUT2D eigenvalue weighted by atomic mass is 9.72. The number of aliphatic hydroxyl groups is 1. The third-order valence-corrected chi connectivity index (χ3v) is 6.02. The number of nitrogens with one attached hydrogen (secondary N) is 1. The number of nitrogens with zero attached hydrogens (tertiary/aromatic N) is 1. The van der Waals surface area contributed by atoms with Gasteiger partial charge in [-0.2, -0.15) is 0 Å². The van der Waals surface area contributed by atoms with Crippen molar-refractivity contribution >= 4 is 10.9 Å². The summed E-state index contributed by atoms with van der Waals surface area (Å²) in [6.07, 6.45) is 5.26. The van der Waals surface area contributed by atoms with Crippen LogP contribution in [0.4, 0.5) is 0 Å². The fourth-order valence-electron chi connectivity index (χ4n) is 4.77. The first-order valence-corrected chi connectivity index (χ1v) is 8.64. The van der Waals surface area contributed by atoms with Crippen LogP contribution in [0, 0.1) is 11.8 Å². The lowest BCUT2D eigenvalue weighted by Crippen LogP contribution is -3.20. The third-order valence-electron chi connectivity index (χ3n) is 6.02.